The molecule has 170 valence electrons. The van der Waals surface area contributed by atoms with E-state index >= 15 is 0 Å². The Labute approximate surface area is 193 Å². The van der Waals surface area contributed by atoms with Gasteiger partial charge in [-0.3, -0.25) is 0 Å². The fourth-order valence-electron chi connectivity index (χ4n) is 5.86. The van der Waals surface area contributed by atoms with Gasteiger partial charge in [0, 0.05) is 0 Å². The lowest BCUT2D eigenvalue weighted by Crippen LogP contribution is -2.19. The molecule has 0 spiro atoms. The van der Waals surface area contributed by atoms with Crippen molar-refractivity contribution in [3.63, 3.8) is 0 Å². The second-order valence-corrected chi connectivity index (χ2v) is 10.2. The first kappa shape index (κ1) is 22.7. The van der Waals surface area contributed by atoms with E-state index in [9.17, 15) is 10.2 Å². The van der Waals surface area contributed by atoms with Crippen LogP contribution in [0.15, 0.2) is 24.3 Å². The molecule has 2 N–H and O–H groups in total. The third kappa shape index (κ3) is 4.00. The molecular weight excluding hydrogens is 392 g/mol. The smallest absolute Gasteiger partial charge is 0.121 e. The van der Waals surface area contributed by atoms with Crippen molar-refractivity contribution in [3.8, 4) is 11.5 Å². The topological polar surface area (TPSA) is 40.5 Å². The quantitative estimate of drug-likeness (QED) is 0.517. The average molecular weight is 431 g/mol. The molecule has 2 nitrogen and oxygen atoms in total. The fraction of sp³-hybridized carbons (Fsp3) is 0.467. The van der Waals surface area contributed by atoms with E-state index in [1.54, 1.807) is 0 Å². The molecular formula is C30H38O2. The largest absolute Gasteiger partial charge is 0.507 e. The molecule has 0 heterocycles. The van der Waals surface area contributed by atoms with Crippen molar-refractivity contribution in [2.75, 3.05) is 0 Å². The van der Waals surface area contributed by atoms with Crippen LogP contribution in [0.5, 0.6) is 11.5 Å². The number of phenolic OH excluding ortho intramolecular Hbond substituents is 2. The number of aryl methyl sites for hydroxylation is 2. The Kier molecular flexibility index (Phi) is 6.25. The molecule has 2 aromatic rings. The summed E-state index contributed by atoms with van der Waals surface area (Å²) in [4.78, 5) is 0. The molecule has 0 radical (unpaired) electrons. The first-order chi connectivity index (χ1) is 15.2. The molecule has 0 aromatic heterocycles. The first-order valence-electron chi connectivity index (χ1n) is 12.2. The van der Waals surface area contributed by atoms with E-state index in [0.29, 0.717) is 11.5 Å². The van der Waals surface area contributed by atoms with Crippen molar-refractivity contribution < 1.29 is 10.2 Å². The van der Waals surface area contributed by atoms with Gasteiger partial charge in [0.1, 0.15) is 11.5 Å². The summed E-state index contributed by atoms with van der Waals surface area (Å²) in [6, 6.07) is 4.34. The van der Waals surface area contributed by atoms with E-state index in [-0.39, 0.29) is 0 Å². The van der Waals surface area contributed by atoms with E-state index in [0.717, 1.165) is 59.8 Å². The Bertz CT molecular complexity index is 1030. The molecule has 4 rings (SSSR count). The number of aromatic hydroxyl groups is 2. The number of rotatable bonds is 3. The molecule has 2 aliphatic rings. The van der Waals surface area contributed by atoms with E-state index in [1.165, 1.54) is 46.2 Å². The molecule has 2 unspecified atom stereocenters. The van der Waals surface area contributed by atoms with Gasteiger partial charge in [-0.2, -0.15) is 0 Å². The van der Waals surface area contributed by atoms with Gasteiger partial charge in [-0.1, -0.05) is 12.2 Å². The highest BCUT2D eigenvalue weighted by Crippen LogP contribution is 2.43. The zero-order valence-electron chi connectivity index (χ0n) is 20.6. The average Bonchev–Trinajstić information content (AvgIpc) is 2.81. The second kappa shape index (κ2) is 8.81. The molecule has 2 aliphatic carbocycles. The molecule has 0 bridgehead atoms. The zero-order chi connectivity index (χ0) is 23.2. The third-order valence-corrected chi connectivity index (χ3v) is 8.37. The van der Waals surface area contributed by atoms with Crippen molar-refractivity contribution in [2.24, 2.45) is 11.8 Å². The number of hydrogen-bond donors (Lipinski definition) is 2. The van der Waals surface area contributed by atoms with Gasteiger partial charge in [0.25, 0.3) is 0 Å². The predicted molar refractivity (Wildman–Crippen MR) is 135 cm³/mol. The maximum atomic E-state index is 10.2. The van der Waals surface area contributed by atoms with Crippen LogP contribution in [-0.4, -0.2) is 10.2 Å². The highest BCUT2D eigenvalue weighted by Gasteiger charge is 2.27. The number of allylic oxidation sites excluding steroid dienone is 4. The fourth-order valence-corrected chi connectivity index (χ4v) is 5.86. The van der Waals surface area contributed by atoms with Crippen LogP contribution in [-0.2, 0) is 0 Å². The van der Waals surface area contributed by atoms with Crippen molar-refractivity contribution in [1.29, 1.82) is 0 Å². The van der Waals surface area contributed by atoms with Crippen LogP contribution < -0.4 is 0 Å². The molecule has 0 amide bonds. The van der Waals surface area contributed by atoms with Gasteiger partial charge in [0.05, 0.1) is 0 Å². The van der Waals surface area contributed by atoms with Gasteiger partial charge in [0.2, 0.25) is 0 Å². The predicted octanol–water partition coefficient (Wildman–Crippen LogP) is 8.02. The number of phenols is 2. The summed E-state index contributed by atoms with van der Waals surface area (Å²) in [5.74, 6) is 2.42. The summed E-state index contributed by atoms with van der Waals surface area (Å²) in [5, 5.41) is 20.5. The molecule has 2 aromatic carbocycles. The van der Waals surface area contributed by atoms with E-state index in [2.05, 4.69) is 38.1 Å². The third-order valence-electron chi connectivity index (χ3n) is 8.37. The number of hydrogen-bond acceptors (Lipinski definition) is 2. The minimum Gasteiger partial charge on any atom is -0.507 e. The Morgan fingerprint density at radius 3 is 1.28 bits per heavy atom. The maximum Gasteiger partial charge on any atom is 0.121 e. The lowest BCUT2D eigenvalue weighted by molar-refractivity contribution is 0.292. The highest BCUT2D eigenvalue weighted by molar-refractivity contribution is 5.73. The van der Waals surface area contributed by atoms with Crippen LogP contribution in [0.1, 0.15) is 83.0 Å². The van der Waals surface area contributed by atoms with Crippen LogP contribution in [0.2, 0.25) is 0 Å². The lowest BCUT2D eigenvalue weighted by atomic mass is 9.72. The Morgan fingerprint density at radius 2 is 0.969 bits per heavy atom. The van der Waals surface area contributed by atoms with Gasteiger partial charge in [-0.05, 0) is 160 Å². The van der Waals surface area contributed by atoms with Gasteiger partial charge < -0.3 is 10.2 Å². The van der Waals surface area contributed by atoms with E-state index in [4.69, 9.17) is 0 Å². The normalized spacial score (nSPS) is 21.3. The van der Waals surface area contributed by atoms with Gasteiger partial charge in [0.15, 0.2) is 0 Å². The van der Waals surface area contributed by atoms with Crippen LogP contribution in [0.4, 0.5) is 0 Å². The summed E-state index contributed by atoms with van der Waals surface area (Å²) in [6.07, 6.45) is 12.1. The molecule has 0 aliphatic heterocycles. The zero-order valence-corrected chi connectivity index (χ0v) is 20.6. The van der Waals surface area contributed by atoms with Gasteiger partial charge in [-0.15, -0.1) is 0 Å². The first-order valence-corrected chi connectivity index (χ1v) is 12.2. The summed E-state index contributed by atoms with van der Waals surface area (Å²) in [6.45, 7) is 12.3. The highest BCUT2D eigenvalue weighted by atomic mass is 16.3. The van der Waals surface area contributed by atoms with E-state index < -0.39 is 0 Å². The second-order valence-electron chi connectivity index (χ2n) is 10.2. The molecule has 2 atom stereocenters. The molecule has 0 saturated carbocycles. The minimum absolute atomic E-state index is 0.444. The molecule has 32 heavy (non-hydrogen) atoms. The SMILES string of the molecule is Cc1cc(C2=CCC(C3CC=C(c4cc(C)c(O)c(C)c4C)CC3)CC2)c(C)c(C)c1O. The Hall–Kier alpha value is -2.48. The Balaban J connectivity index is 1.48. The maximum absolute atomic E-state index is 10.2. The van der Waals surface area contributed by atoms with Crippen molar-refractivity contribution in [2.45, 2.75) is 80.1 Å². The van der Waals surface area contributed by atoms with Crippen LogP contribution >= 0.6 is 0 Å². The summed E-state index contributed by atoms with van der Waals surface area (Å²) < 4.78 is 0. The van der Waals surface area contributed by atoms with Gasteiger partial charge in [-0.25, -0.2) is 0 Å². The Morgan fingerprint density at radius 1 is 0.594 bits per heavy atom. The van der Waals surface area contributed by atoms with Crippen molar-refractivity contribution >= 4 is 11.1 Å². The summed E-state index contributed by atoms with van der Waals surface area (Å²) in [7, 11) is 0. The molecule has 0 fully saturated rings. The number of benzene rings is 2. The lowest BCUT2D eigenvalue weighted by Gasteiger charge is -2.33. The van der Waals surface area contributed by atoms with Crippen molar-refractivity contribution in [3.05, 3.63) is 68.8 Å². The van der Waals surface area contributed by atoms with E-state index in [1.807, 2.05) is 27.7 Å². The summed E-state index contributed by atoms with van der Waals surface area (Å²) >= 11 is 0. The van der Waals surface area contributed by atoms with Crippen LogP contribution in [0.3, 0.4) is 0 Å². The van der Waals surface area contributed by atoms with Crippen LogP contribution in [0.25, 0.3) is 11.1 Å². The standard InChI is InChI=1S/C30H38O2/c1-17-15-27(19(3)21(5)29(17)31)25-11-7-23(8-12-25)24-9-13-26(14-10-24)28-16-18(2)30(32)22(6)20(28)4/h11,13,15-16,23-24,31-32H,7-10,12,14H2,1-6H3. The van der Waals surface area contributed by atoms with Crippen LogP contribution in [0, 0.1) is 53.4 Å². The van der Waals surface area contributed by atoms with Gasteiger partial charge >= 0.3 is 0 Å². The van der Waals surface area contributed by atoms with Crippen molar-refractivity contribution in [1.82, 2.24) is 0 Å². The molecule has 0 saturated heterocycles. The monoisotopic (exact) mass is 430 g/mol. The summed E-state index contributed by atoms with van der Waals surface area (Å²) in [5.41, 5.74) is 12.0. The minimum atomic E-state index is 0.444. The molecule has 2 heteroatoms.